The zero-order chi connectivity index (χ0) is 14.5. The van der Waals surface area contributed by atoms with Crippen LogP contribution < -0.4 is 10.5 Å². The van der Waals surface area contributed by atoms with E-state index in [-0.39, 0.29) is 0 Å². The third-order valence-corrected chi connectivity index (χ3v) is 3.96. The Kier molecular flexibility index (Phi) is 4.28. The van der Waals surface area contributed by atoms with Crippen LogP contribution in [0.2, 0.25) is 0 Å². The first-order valence-electron chi connectivity index (χ1n) is 6.71. The van der Waals surface area contributed by atoms with Gasteiger partial charge in [0.15, 0.2) is 0 Å². The molecular formula is C17H16N2OS. The summed E-state index contributed by atoms with van der Waals surface area (Å²) in [7, 11) is 0. The van der Waals surface area contributed by atoms with Crippen LogP contribution >= 0.6 is 11.9 Å². The van der Waals surface area contributed by atoms with Gasteiger partial charge in [-0.15, -0.1) is 0 Å². The molecule has 1 aromatic heterocycles. The molecule has 0 aliphatic heterocycles. The van der Waals surface area contributed by atoms with Crippen molar-refractivity contribution in [1.29, 1.82) is 0 Å². The largest absolute Gasteiger partial charge is 0.464 e. The molecule has 0 unspecified atom stereocenters. The number of hydrogen-bond acceptors (Lipinski definition) is 4. The maximum atomic E-state index is 5.74. The molecule has 1 heterocycles. The summed E-state index contributed by atoms with van der Waals surface area (Å²) < 4.78 is 8.90. The molecule has 106 valence electrons. The minimum absolute atomic E-state index is 0.517. The van der Waals surface area contributed by atoms with Gasteiger partial charge in [-0.1, -0.05) is 24.3 Å². The number of anilines is 1. The van der Waals surface area contributed by atoms with Crippen LogP contribution in [0.4, 0.5) is 5.69 Å². The predicted octanol–water partition coefficient (Wildman–Crippen LogP) is 4.52. The van der Waals surface area contributed by atoms with E-state index < -0.39 is 0 Å². The highest BCUT2D eigenvalue weighted by atomic mass is 32.2. The van der Waals surface area contributed by atoms with Crippen LogP contribution in [0.1, 0.15) is 5.56 Å². The van der Waals surface area contributed by atoms with Gasteiger partial charge in [-0.05, 0) is 53.9 Å². The Morgan fingerprint density at radius 3 is 2.57 bits per heavy atom. The third kappa shape index (κ3) is 3.29. The van der Waals surface area contributed by atoms with E-state index in [0.717, 1.165) is 27.5 Å². The van der Waals surface area contributed by atoms with Gasteiger partial charge in [-0.25, -0.2) is 0 Å². The smallest absolute Gasteiger partial charge is 0.135 e. The molecule has 3 aromatic rings. The van der Waals surface area contributed by atoms with Crippen molar-refractivity contribution in [2.75, 3.05) is 4.72 Å². The van der Waals surface area contributed by atoms with Gasteiger partial charge < -0.3 is 14.9 Å². The Labute approximate surface area is 128 Å². The van der Waals surface area contributed by atoms with Crippen LogP contribution in [0, 0.1) is 0 Å². The van der Waals surface area contributed by atoms with E-state index in [1.807, 2.05) is 42.5 Å². The number of furan rings is 1. The van der Waals surface area contributed by atoms with Crippen LogP contribution in [0.25, 0.3) is 11.3 Å². The summed E-state index contributed by atoms with van der Waals surface area (Å²) in [4.78, 5) is 1.15. The minimum Gasteiger partial charge on any atom is -0.464 e. The molecule has 4 heteroatoms. The van der Waals surface area contributed by atoms with Crippen LogP contribution in [-0.2, 0) is 6.54 Å². The number of benzene rings is 2. The van der Waals surface area contributed by atoms with Crippen LogP contribution in [-0.4, -0.2) is 0 Å². The molecule has 0 bridgehead atoms. The minimum atomic E-state index is 0.517. The van der Waals surface area contributed by atoms with E-state index in [2.05, 4.69) is 22.9 Å². The molecule has 0 saturated heterocycles. The molecule has 0 aliphatic rings. The van der Waals surface area contributed by atoms with E-state index in [1.165, 1.54) is 0 Å². The monoisotopic (exact) mass is 296 g/mol. The topological polar surface area (TPSA) is 51.2 Å². The summed E-state index contributed by atoms with van der Waals surface area (Å²) in [6, 6.07) is 20.2. The van der Waals surface area contributed by atoms with Crippen LogP contribution in [0.15, 0.2) is 76.2 Å². The lowest BCUT2D eigenvalue weighted by atomic mass is 10.1. The molecule has 3 nitrogen and oxygen atoms in total. The Morgan fingerprint density at radius 2 is 1.86 bits per heavy atom. The molecule has 21 heavy (non-hydrogen) atoms. The lowest BCUT2D eigenvalue weighted by Gasteiger charge is -2.11. The number of nitrogens with two attached hydrogens (primary N) is 1. The highest BCUT2D eigenvalue weighted by Gasteiger charge is 2.09. The fourth-order valence-corrected chi connectivity index (χ4v) is 2.74. The molecule has 0 atom stereocenters. The first kappa shape index (κ1) is 13.8. The van der Waals surface area contributed by atoms with Crippen molar-refractivity contribution < 1.29 is 4.42 Å². The highest BCUT2D eigenvalue weighted by molar-refractivity contribution is 8.00. The molecule has 0 saturated carbocycles. The maximum absolute atomic E-state index is 5.74. The van der Waals surface area contributed by atoms with Gasteiger partial charge in [0.25, 0.3) is 0 Å². The molecule has 2 aromatic carbocycles. The second-order valence-corrected chi connectivity index (χ2v) is 5.46. The van der Waals surface area contributed by atoms with Gasteiger partial charge in [0.1, 0.15) is 5.76 Å². The van der Waals surface area contributed by atoms with E-state index >= 15 is 0 Å². The Bertz CT molecular complexity index is 696. The Balaban J connectivity index is 1.88. The predicted molar refractivity (Wildman–Crippen MR) is 88.0 cm³/mol. The fourth-order valence-electron chi connectivity index (χ4n) is 2.05. The quantitative estimate of drug-likeness (QED) is 0.679. The molecule has 0 spiro atoms. The summed E-state index contributed by atoms with van der Waals surface area (Å²) in [5.74, 6) is 0.842. The van der Waals surface area contributed by atoms with Crippen molar-refractivity contribution in [3.63, 3.8) is 0 Å². The average Bonchev–Trinajstić information content (AvgIpc) is 3.08. The third-order valence-electron chi connectivity index (χ3n) is 3.13. The number of nitrogens with one attached hydrogen (secondary N) is 1. The van der Waals surface area contributed by atoms with Gasteiger partial charge in [0, 0.05) is 17.0 Å². The van der Waals surface area contributed by atoms with Gasteiger partial charge in [0.05, 0.1) is 12.0 Å². The molecular weight excluding hydrogens is 280 g/mol. The standard InChI is InChI=1S/C17H16N2OS/c18-12-13-8-9-15(17-7-4-10-20-17)16(11-13)19-21-14-5-2-1-3-6-14/h1-11,19H,12,18H2. The second kappa shape index (κ2) is 6.52. The summed E-state index contributed by atoms with van der Waals surface area (Å²) in [6.45, 7) is 0.517. The lowest BCUT2D eigenvalue weighted by Crippen LogP contribution is -1.98. The fraction of sp³-hybridized carbons (Fsp3) is 0.0588. The highest BCUT2D eigenvalue weighted by Crippen LogP contribution is 2.32. The van der Waals surface area contributed by atoms with Gasteiger partial charge in [-0.3, -0.25) is 0 Å². The summed E-state index contributed by atoms with van der Waals surface area (Å²) >= 11 is 1.57. The van der Waals surface area contributed by atoms with Gasteiger partial charge in [-0.2, -0.15) is 0 Å². The van der Waals surface area contributed by atoms with Gasteiger partial charge >= 0.3 is 0 Å². The van der Waals surface area contributed by atoms with Crippen molar-refractivity contribution >= 4 is 17.6 Å². The van der Waals surface area contributed by atoms with Crippen molar-refractivity contribution in [2.24, 2.45) is 5.73 Å². The maximum Gasteiger partial charge on any atom is 0.135 e. The SMILES string of the molecule is NCc1ccc(-c2ccco2)c(NSc2ccccc2)c1. The van der Waals surface area contributed by atoms with Crippen LogP contribution in [0.3, 0.4) is 0 Å². The molecule has 0 aliphatic carbocycles. The van der Waals surface area contributed by atoms with E-state index in [1.54, 1.807) is 18.2 Å². The van der Waals surface area contributed by atoms with E-state index in [0.29, 0.717) is 6.54 Å². The van der Waals surface area contributed by atoms with Crippen molar-refractivity contribution in [3.05, 3.63) is 72.5 Å². The molecule has 0 fully saturated rings. The number of rotatable bonds is 5. The number of hydrogen-bond donors (Lipinski definition) is 2. The van der Waals surface area contributed by atoms with Crippen molar-refractivity contribution in [2.45, 2.75) is 11.4 Å². The Hall–Kier alpha value is -2.17. The zero-order valence-corrected chi connectivity index (χ0v) is 12.3. The summed E-state index contributed by atoms with van der Waals surface area (Å²) in [6.07, 6.45) is 1.68. The summed E-state index contributed by atoms with van der Waals surface area (Å²) in [5, 5.41) is 0. The molecule has 0 radical (unpaired) electrons. The molecule has 3 rings (SSSR count). The van der Waals surface area contributed by atoms with E-state index in [9.17, 15) is 0 Å². The zero-order valence-electron chi connectivity index (χ0n) is 11.5. The van der Waals surface area contributed by atoms with E-state index in [4.69, 9.17) is 10.2 Å². The first-order chi connectivity index (χ1) is 10.4. The normalized spacial score (nSPS) is 10.5. The van der Waals surface area contributed by atoms with Crippen molar-refractivity contribution in [1.82, 2.24) is 0 Å². The second-order valence-electron chi connectivity index (χ2n) is 4.58. The van der Waals surface area contributed by atoms with Crippen LogP contribution in [0.5, 0.6) is 0 Å². The molecule has 3 N–H and O–H groups in total. The Morgan fingerprint density at radius 1 is 1.00 bits per heavy atom. The molecule has 0 amide bonds. The first-order valence-corrected chi connectivity index (χ1v) is 7.53. The average molecular weight is 296 g/mol. The lowest BCUT2D eigenvalue weighted by molar-refractivity contribution is 0.582. The van der Waals surface area contributed by atoms with Crippen molar-refractivity contribution in [3.8, 4) is 11.3 Å². The summed E-state index contributed by atoms with van der Waals surface area (Å²) in [5.41, 5.74) is 8.85. The van der Waals surface area contributed by atoms with Gasteiger partial charge in [0.2, 0.25) is 0 Å².